The second-order valence-electron chi connectivity index (χ2n) is 7.03. The molecule has 0 unspecified atom stereocenters. The molecule has 0 atom stereocenters. The van der Waals surface area contributed by atoms with Crippen LogP contribution in [-0.2, 0) is 0 Å². The molecule has 0 saturated carbocycles. The first-order chi connectivity index (χ1) is 13.0. The van der Waals surface area contributed by atoms with Gasteiger partial charge in [0, 0.05) is 5.56 Å². The molecule has 0 saturated heterocycles. The Balaban J connectivity index is 2.03. The van der Waals surface area contributed by atoms with Crippen molar-refractivity contribution in [2.75, 3.05) is 0 Å². The van der Waals surface area contributed by atoms with Gasteiger partial charge in [0.1, 0.15) is 0 Å². The summed E-state index contributed by atoms with van der Waals surface area (Å²) in [4.78, 5) is 0. The van der Waals surface area contributed by atoms with E-state index in [0.717, 1.165) is 33.6 Å². The largest absolute Gasteiger partial charge is 0.492 e. The van der Waals surface area contributed by atoms with E-state index in [1.54, 1.807) is 0 Å². The predicted molar refractivity (Wildman–Crippen MR) is 110 cm³/mol. The molecule has 134 valence electrons. The van der Waals surface area contributed by atoms with Crippen LogP contribution >= 0.6 is 0 Å². The zero-order chi connectivity index (χ0) is 19.0. The Hall–Kier alpha value is -3.33. The molecule has 4 aromatic rings. The molecule has 0 aliphatic rings. The molecular formula is C24H22N2O. The van der Waals surface area contributed by atoms with Crippen molar-refractivity contribution in [2.24, 2.45) is 0 Å². The molecule has 0 amide bonds. The Morgan fingerprint density at radius 1 is 0.704 bits per heavy atom. The smallest absolute Gasteiger partial charge is 0.239 e. The summed E-state index contributed by atoms with van der Waals surface area (Å²) in [6.45, 7) is 6.18. The molecule has 3 heteroatoms. The summed E-state index contributed by atoms with van der Waals surface area (Å²) in [6.07, 6.45) is 0. The van der Waals surface area contributed by atoms with Crippen molar-refractivity contribution in [3.63, 3.8) is 0 Å². The maximum Gasteiger partial charge on any atom is 0.239 e. The van der Waals surface area contributed by atoms with Crippen molar-refractivity contribution in [1.82, 2.24) is 9.78 Å². The minimum Gasteiger partial charge on any atom is -0.492 e. The van der Waals surface area contributed by atoms with Gasteiger partial charge in [-0.1, -0.05) is 65.7 Å². The summed E-state index contributed by atoms with van der Waals surface area (Å²) in [6, 6.07) is 24.6. The molecule has 0 aliphatic heterocycles. The topological polar surface area (TPSA) is 38.1 Å². The zero-order valence-corrected chi connectivity index (χ0v) is 15.8. The molecule has 27 heavy (non-hydrogen) atoms. The molecule has 4 rings (SSSR count). The van der Waals surface area contributed by atoms with E-state index >= 15 is 0 Å². The Kier molecular flexibility index (Phi) is 4.28. The van der Waals surface area contributed by atoms with Gasteiger partial charge >= 0.3 is 0 Å². The van der Waals surface area contributed by atoms with E-state index in [1.165, 1.54) is 11.1 Å². The number of hydrogen-bond donors (Lipinski definition) is 1. The van der Waals surface area contributed by atoms with Gasteiger partial charge in [-0.25, -0.2) is 4.68 Å². The average molecular weight is 354 g/mol. The van der Waals surface area contributed by atoms with Crippen LogP contribution < -0.4 is 0 Å². The lowest BCUT2D eigenvalue weighted by molar-refractivity contribution is 0.449. The SMILES string of the molecule is Cc1ccc(-c2c(O)nn(-c3cccc(C)c3)c2-c2cccc(C)c2)cc1. The summed E-state index contributed by atoms with van der Waals surface area (Å²) >= 11 is 0. The van der Waals surface area contributed by atoms with Crippen LogP contribution in [0.4, 0.5) is 0 Å². The van der Waals surface area contributed by atoms with Crippen molar-refractivity contribution in [1.29, 1.82) is 0 Å². The minimum absolute atomic E-state index is 0.0388. The second kappa shape index (κ2) is 6.76. The number of aromatic hydroxyl groups is 1. The van der Waals surface area contributed by atoms with Gasteiger partial charge < -0.3 is 5.11 Å². The first kappa shape index (κ1) is 17.1. The van der Waals surface area contributed by atoms with Crippen LogP contribution in [0.5, 0.6) is 5.88 Å². The monoisotopic (exact) mass is 354 g/mol. The van der Waals surface area contributed by atoms with E-state index in [9.17, 15) is 5.11 Å². The number of aryl methyl sites for hydroxylation is 3. The van der Waals surface area contributed by atoms with Crippen LogP contribution in [0.15, 0.2) is 72.8 Å². The van der Waals surface area contributed by atoms with E-state index in [1.807, 2.05) is 35.0 Å². The third-order valence-corrected chi connectivity index (χ3v) is 4.74. The number of rotatable bonds is 3. The van der Waals surface area contributed by atoms with Crippen molar-refractivity contribution in [2.45, 2.75) is 20.8 Å². The number of nitrogens with zero attached hydrogens (tertiary/aromatic N) is 2. The summed E-state index contributed by atoms with van der Waals surface area (Å²) < 4.78 is 1.84. The van der Waals surface area contributed by atoms with Gasteiger partial charge in [0.2, 0.25) is 5.88 Å². The standard InChI is InChI=1S/C24H22N2O/c1-16-10-12-19(13-11-16)22-23(20-8-4-6-17(2)14-20)26(25-24(22)27)21-9-5-7-18(3)15-21/h4-15H,1-3H3,(H,25,27). The van der Waals surface area contributed by atoms with Crippen LogP contribution in [0.3, 0.4) is 0 Å². The van der Waals surface area contributed by atoms with Gasteiger partial charge in [-0.05, 0) is 50.1 Å². The second-order valence-corrected chi connectivity index (χ2v) is 7.03. The number of hydrogen-bond acceptors (Lipinski definition) is 2. The third-order valence-electron chi connectivity index (χ3n) is 4.74. The molecule has 0 fully saturated rings. The van der Waals surface area contributed by atoms with Crippen LogP contribution in [0.1, 0.15) is 16.7 Å². The van der Waals surface area contributed by atoms with Crippen LogP contribution in [0.2, 0.25) is 0 Å². The molecule has 0 bridgehead atoms. The van der Waals surface area contributed by atoms with E-state index in [0.29, 0.717) is 0 Å². The lowest BCUT2D eigenvalue weighted by Gasteiger charge is -2.11. The average Bonchev–Trinajstić information content (AvgIpc) is 3.00. The highest BCUT2D eigenvalue weighted by Crippen LogP contribution is 2.40. The van der Waals surface area contributed by atoms with Crippen molar-refractivity contribution in [3.8, 4) is 34.0 Å². The maximum absolute atomic E-state index is 10.8. The van der Waals surface area contributed by atoms with Gasteiger partial charge in [0.15, 0.2) is 0 Å². The Bertz CT molecular complexity index is 1110. The number of benzene rings is 3. The fraction of sp³-hybridized carbons (Fsp3) is 0.125. The predicted octanol–water partition coefficient (Wildman–Crippen LogP) is 5.84. The highest BCUT2D eigenvalue weighted by Gasteiger charge is 2.21. The molecule has 1 heterocycles. The van der Waals surface area contributed by atoms with Gasteiger partial charge in [-0.2, -0.15) is 0 Å². The van der Waals surface area contributed by atoms with E-state index < -0.39 is 0 Å². The summed E-state index contributed by atoms with van der Waals surface area (Å²) in [7, 11) is 0. The molecular weight excluding hydrogens is 332 g/mol. The lowest BCUT2D eigenvalue weighted by Crippen LogP contribution is -2.00. The highest BCUT2D eigenvalue weighted by molar-refractivity contribution is 5.86. The van der Waals surface area contributed by atoms with Crippen LogP contribution in [0, 0.1) is 20.8 Å². The van der Waals surface area contributed by atoms with Gasteiger partial charge in [0.25, 0.3) is 0 Å². The Morgan fingerprint density at radius 3 is 2.04 bits per heavy atom. The number of aromatic nitrogens is 2. The zero-order valence-electron chi connectivity index (χ0n) is 15.8. The summed E-state index contributed by atoms with van der Waals surface area (Å²) in [5.74, 6) is 0.0388. The molecule has 1 N–H and O–H groups in total. The molecule has 3 aromatic carbocycles. The molecule has 1 aromatic heterocycles. The maximum atomic E-state index is 10.8. The normalized spacial score (nSPS) is 10.9. The van der Waals surface area contributed by atoms with Crippen molar-refractivity contribution < 1.29 is 5.11 Å². The first-order valence-corrected chi connectivity index (χ1v) is 9.06. The van der Waals surface area contributed by atoms with Gasteiger partial charge in [-0.15, -0.1) is 5.10 Å². The van der Waals surface area contributed by atoms with E-state index in [4.69, 9.17) is 0 Å². The fourth-order valence-electron chi connectivity index (χ4n) is 3.40. The van der Waals surface area contributed by atoms with E-state index in [-0.39, 0.29) is 5.88 Å². The lowest BCUT2D eigenvalue weighted by atomic mass is 9.99. The summed E-state index contributed by atoms with van der Waals surface area (Å²) in [5, 5.41) is 15.3. The van der Waals surface area contributed by atoms with Gasteiger partial charge in [0.05, 0.1) is 16.9 Å². The van der Waals surface area contributed by atoms with Crippen LogP contribution in [-0.4, -0.2) is 14.9 Å². The van der Waals surface area contributed by atoms with Crippen LogP contribution in [0.25, 0.3) is 28.1 Å². The first-order valence-electron chi connectivity index (χ1n) is 9.06. The fourth-order valence-corrected chi connectivity index (χ4v) is 3.40. The quantitative estimate of drug-likeness (QED) is 0.502. The molecule has 0 spiro atoms. The Labute approximate surface area is 159 Å². The van der Waals surface area contributed by atoms with Gasteiger partial charge in [-0.3, -0.25) is 0 Å². The third kappa shape index (κ3) is 3.24. The van der Waals surface area contributed by atoms with Crippen molar-refractivity contribution in [3.05, 3.63) is 89.5 Å². The minimum atomic E-state index is 0.0388. The van der Waals surface area contributed by atoms with E-state index in [2.05, 4.69) is 68.3 Å². The molecule has 0 radical (unpaired) electrons. The molecule has 0 aliphatic carbocycles. The summed E-state index contributed by atoms with van der Waals surface area (Å²) in [5.41, 5.74) is 8.05. The molecule has 3 nitrogen and oxygen atoms in total. The van der Waals surface area contributed by atoms with Crippen molar-refractivity contribution >= 4 is 0 Å². The highest BCUT2D eigenvalue weighted by atomic mass is 16.3. The Morgan fingerprint density at radius 2 is 1.37 bits per heavy atom.